The Morgan fingerprint density at radius 2 is 2.14 bits per heavy atom. The van der Waals surface area contributed by atoms with Gasteiger partial charge in [0.05, 0.1) is 6.04 Å². The molecule has 0 aromatic carbocycles. The number of nitrogens with zero attached hydrogens (tertiary/aromatic N) is 2. The van der Waals surface area contributed by atoms with E-state index in [1.54, 1.807) is 0 Å². The van der Waals surface area contributed by atoms with Gasteiger partial charge in [0.2, 0.25) is 0 Å². The first-order chi connectivity index (χ1) is 6.68. The van der Waals surface area contributed by atoms with E-state index in [0.717, 1.165) is 38.9 Å². The summed E-state index contributed by atoms with van der Waals surface area (Å²) in [5.74, 6) is 0.474. The average molecular weight is 196 g/mol. The second-order valence-corrected chi connectivity index (χ2v) is 4.72. The van der Waals surface area contributed by atoms with Gasteiger partial charge in [-0.15, -0.1) is 0 Å². The molecule has 1 saturated heterocycles. The van der Waals surface area contributed by atoms with Crippen molar-refractivity contribution in [2.45, 2.75) is 38.3 Å². The number of rotatable bonds is 1. The Hall–Kier alpha value is -0.410. The van der Waals surface area contributed by atoms with E-state index in [4.69, 9.17) is 0 Å². The SMILES string of the molecule is CC1CN(C)CCN1C1CCCC1=O. The van der Waals surface area contributed by atoms with Gasteiger partial charge in [-0.3, -0.25) is 9.69 Å². The zero-order valence-corrected chi connectivity index (χ0v) is 9.20. The Morgan fingerprint density at radius 3 is 2.71 bits per heavy atom. The first kappa shape index (κ1) is 10.1. The third-order valence-corrected chi connectivity index (χ3v) is 3.55. The maximum atomic E-state index is 11.6. The third-order valence-electron chi connectivity index (χ3n) is 3.55. The van der Waals surface area contributed by atoms with Crippen molar-refractivity contribution in [3.63, 3.8) is 0 Å². The van der Waals surface area contributed by atoms with E-state index in [9.17, 15) is 4.79 Å². The Labute approximate surface area is 86.1 Å². The number of hydrogen-bond donors (Lipinski definition) is 0. The van der Waals surface area contributed by atoms with E-state index >= 15 is 0 Å². The largest absolute Gasteiger partial charge is 0.304 e. The summed E-state index contributed by atoms with van der Waals surface area (Å²) in [5.41, 5.74) is 0. The number of piperazine rings is 1. The zero-order chi connectivity index (χ0) is 10.1. The lowest BCUT2D eigenvalue weighted by atomic mass is 10.1. The van der Waals surface area contributed by atoms with Crippen LogP contribution >= 0.6 is 0 Å². The lowest BCUT2D eigenvalue weighted by Gasteiger charge is -2.41. The lowest BCUT2D eigenvalue weighted by Crippen LogP contribution is -2.55. The van der Waals surface area contributed by atoms with Crippen molar-refractivity contribution in [3.05, 3.63) is 0 Å². The molecule has 1 aliphatic heterocycles. The normalized spacial score (nSPS) is 36.6. The fourth-order valence-corrected chi connectivity index (χ4v) is 2.76. The fraction of sp³-hybridized carbons (Fsp3) is 0.909. The van der Waals surface area contributed by atoms with Crippen LogP contribution in [0.1, 0.15) is 26.2 Å². The molecule has 2 aliphatic rings. The van der Waals surface area contributed by atoms with Crippen molar-refractivity contribution in [3.8, 4) is 0 Å². The number of likely N-dealkylation sites (N-methyl/N-ethyl adjacent to an activating group) is 1. The summed E-state index contributed by atoms with van der Waals surface area (Å²) in [7, 11) is 2.16. The van der Waals surface area contributed by atoms with Crippen LogP contribution in [-0.2, 0) is 4.79 Å². The Kier molecular flexibility index (Phi) is 2.88. The highest BCUT2D eigenvalue weighted by atomic mass is 16.1. The van der Waals surface area contributed by atoms with Crippen molar-refractivity contribution in [1.82, 2.24) is 9.80 Å². The van der Waals surface area contributed by atoms with Gasteiger partial charge in [-0.25, -0.2) is 0 Å². The van der Waals surface area contributed by atoms with Gasteiger partial charge in [0.25, 0.3) is 0 Å². The van der Waals surface area contributed by atoms with Crippen LogP contribution < -0.4 is 0 Å². The van der Waals surface area contributed by atoms with Crippen LogP contribution in [0.2, 0.25) is 0 Å². The summed E-state index contributed by atoms with van der Waals surface area (Å²) in [6.07, 6.45) is 3.00. The highest BCUT2D eigenvalue weighted by molar-refractivity contribution is 5.85. The van der Waals surface area contributed by atoms with Crippen LogP contribution in [0.5, 0.6) is 0 Å². The molecule has 3 heteroatoms. The number of Topliss-reactive ketones (excluding diaryl/α,β-unsaturated/α-hetero) is 1. The summed E-state index contributed by atoms with van der Waals surface area (Å²) >= 11 is 0. The molecule has 0 N–H and O–H groups in total. The summed E-state index contributed by atoms with van der Waals surface area (Å²) in [5, 5.41) is 0. The number of ketones is 1. The highest BCUT2D eigenvalue weighted by Crippen LogP contribution is 2.23. The lowest BCUT2D eigenvalue weighted by molar-refractivity contribution is -0.123. The third kappa shape index (κ3) is 1.84. The molecule has 1 heterocycles. The molecule has 0 aromatic rings. The predicted octanol–water partition coefficient (Wildman–Crippen LogP) is 0.744. The van der Waals surface area contributed by atoms with Gasteiger partial charge in [0.15, 0.2) is 0 Å². The van der Waals surface area contributed by atoms with Gasteiger partial charge in [-0.2, -0.15) is 0 Å². The molecular formula is C11H20N2O. The quantitative estimate of drug-likeness (QED) is 0.618. The standard InChI is InChI=1S/C11H20N2O/c1-9-8-12(2)6-7-13(9)10-4-3-5-11(10)14/h9-10H,3-8H2,1-2H3. The predicted molar refractivity (Wildman–Crippen MR) is 56.3 cm³/mol. The molecule has 1 saturated carbocycles. The Bertz CT molecular complexity index is 229. The maximum Gasteiger partial charge on any atom is 0.149 e. The first-order valence-electron chi connectivity index (χ1n) is 5.65. The fourth-order valence-electron chi connectivity index (χ4n) is 2.76. The van der Waals surface area contributed by atoms with Crippen LogP contribution in [-0.4, -0.2) is 54.3 Å². The van der Waals surface area contributed by atoms with Gasteiger partial charge in [-0.05, 0) is 26.8 Å². The molecule has 2 atom stereocenters. The second kappa shape index (κ2) is 3.99. The van der Waals surface area contributed by atoms with Gasteiger partial charge >= 0.3 is 0 Å². The van der Waals surface area contributed by atoms with Crippen molar-refractivity contribution < 1.29 is 4.79 Å². The molecule has 14 heavy (non-hydrogen) atoms. The maximum absolute atomic E-state index is 11.6. The van der Waals surface area contributed by atoms with E-state index in [1.807, 2.05) is 0 Å². The molecule has 0 spiro atoms. The smallest absolute Gasteiger partial charge is 0.149 e. The van der Waals surface area contributed by atoms with Gasteiger partial charge in [0.1, 0.15) is 5.78 Å². The molecule has 0 bridgehead atoms. The molecule has 0 radical (unpaired) electrons. The summed E-state index contributed by atoms with van der Waals surface area (Å²) in [6.45, 7) is 5.51. The van der Waals surface area contributed by atoms with Crippen LogP contribution in [0.4, 0.5) is 0 Å². The van der Waals surface area contributed by atoms with E-state index < -0.39 is 0 Å². The highest BCUT2D eigenvalue weighted by Gasteiger charge is 2.34. The molecule has 2 unspecified atom stereocenters. The van der Waals surface area contributed by atoms with Crippen LogP contribution in [0.3, 0.4) is 0 Å². The number of carbonyl (C=O) groups is 1. The van der Waals surface area contributed by atoms with Gasteiger partial charge < -0.3 is 4.90 Å². The minimum absolute atomic E-state index is 0.249. The van der Waals surface area contributed by atoms with Crippen LogP contribution in [0.15, 0.2) is 0 Å². The van der Waals surface area contributed by atoms with E-state index in [-0.39, 0.29) is 6.04 Å². The molecule has 0 aromatic heterocycles. The average Bonchev–Trinajstić information content (AvgIpc) is 2.52. The van der Waals surface area contributed by atoms with Crippen LogP contribution in [0, 0.1) is 0 Å². The number of hydrogen-bond acceptors (Lipinski definition) is 3. The molecule has 2 rings (SSSR count). The Morgan fingerprint density at radius 1 is 1.36 bits per heavy atom. The molecule has 80 valence electrons. The summed E-state index contributed by atoms with van der Waals surface area (Å²) in [4.78, 5) is 16.4. The van der Waals surface area contributed by atoms with E-state index in [1.165, 1.54) is 0 Å². The topological polar surface area (TPSA) is 23.6 Å². The Balaban J connectivity index is 2.00. The molecule has 2 fully saturated rings. The zero-order valence-electron chi connectivity index (χ0n) is 9.20. The summed E-state index contributed by atoms with van der Waals surface area (Å²) in [6, 6.07) is 0.791. The van der Waals surface area contributed by atoms with E-state index in [2.05, 4.69) is 23.8 Å². The minimum Gasteiger partial charge on any atom is -0.304 e. The first-order valence-corrected chi connectivity index (χ1v) is 5.65. The van der Waals surface area contributed by atoms with E-state index in [0.29, 0.717) is 11.8 Å². The number of carbonyl (C=O) groups excluding carboxylic acids is 1. The second-order valence-electron chi connectivity index (χ2n) is 4.72. The monoisotopic (exact) mass is 196 g/mol. The summed E-state index contributed by atoms with van der Waals surface area (Å²) < 4.78 is 0. The molecule has 0 amide bonds. The van der Waals surface area contributed by atoms with Gasteiger partial charge in [0, 0.05) is 32.1 Å². The van der Waals surface area contributed by atoms with Crippen LogP contribution in [0.25, 0.3) is 0 Å². The van der Waals surface area contributed by atoms with Crippen molar-refractivity contribution in [2.24, 2.45) is 0 Å². The molecule has 3 nitrogen and oxygen atoms in total. The van der Waals surface area contributed by atoms with Crippen molar-refractivity contribution in [1.29, 1.82) is 0 Å². The van der Waals surface area contributed by atoms with Crippen molar-refractivity contribution >= 4 is 5.78 Å². The molecule has 1 aliphatic carbocycles. The van der Waals surface area contributed by atoms with Crippen molar-refractivity contribution in [2.75, 3.05) is 26.7 Å². The van der Waals surface area contributed by atoms with Gasteiger partial charge in [-0.1, -0.05) is 0 Å². The minimum atomic E-state index is 0.249. The molecular weight excluding hydrogens is 176 g/mol.